The Bertz CT molecular complexity index is 6460. The lowest BCUT2D eigenvalue weighted by Gasteiger charge is -2.39. The third-order valence-corrected chi connectivity index (χ3v) is 21.9. The van der Waals surface area contributed by atoms with E-state index in [9.17, 15) is 5.11 Å². The van der Waals surface area contributed by atoms with Crippen LogP contribution >= 0.6 is 0 Å². The van der Waals surface area contributed by atoms with Gasteiger partial charge in [0.1, 0.15) is 18.0 Å². The van der Waals surface area contributed by atoms with Gasteiger partial charge in [0.2, 0.25) is 6.29 Å². The first kappa shape index (κ1) is 67.0. The van der Waals surface area contributed by atoms with Crippen molar-refractivity contribution in [1.29, 1.82) is 0 Å². The van der Waals surface area contributed by atoms with E-state index < -0.39 is 37.8 Å². The molecule has 12 heterocycles. The average molecular weight is 1440 g/mol. The van der Waals surface area contributed by atoms with Crippen LogP contribution in [-0.4, -0.2) is 82.8 Å². The molecule has 0 amide bonds. The molecule has 14 aromatic rings. The van der Waals surface area contributed by atoms with Crippen LogP contribution in [0.4, 0.5) is 0 Å². The van der Waals surface area contributed by atoms with E-state index in [1.807, 2.05) is 61.5 Å². The third-order valence-electron chi connectivity index (χ3n) is 21.9. The van der Waals surface area contributed by atoms with Crippen molar-refractivity contribution in [2.45, 2.75) is 58.4 Å². The summed E-state index contributed by atoms with van der Waals surface area (Å²) in [4.78, 5) is 37.7. The van der Waals surface area contributed by atoms with Gasteiger partial charge in [-0.15, -0.1) is 0 Å². The SMILES string of the molecule is Cc1ccc(-c2c3nc(c(-c4ccc(C)cc4)c4ccc([nH]4)c(-c4ccc(O[C@H]5O[C@@H](C)[C@H]6OB(c7cccc(-c8c9nc(c(-c%10ccccc%10)c%10ccc([nH]%10)c(-c%10ccccc%10)c%10nc(c(-c%11ccccc%11)c%11ccc8[nH]%11)C=C%10)C=C9)c7)O[C@H]6[C@@H]5O)cc4)c4nc(c(-c5ccc(C)cc5)c5ccc2[nH]5)C=C4)C=C3)cc1. The molecule has 6 aliphatic rings. The highest BCUT2D eigenvalue weighted by atomic mass is 16.7. The number of aliphatic hydroxyl groups excluding tert-OH is 1. The van der Waals surface area contributed by atoms with Gasteiger partial charge in [-0.1, -0.05) is 217 Å². The fourth-order valence-corrected chi connectivity index (χ4v) is 16.4. The zero-order valence-electron chi connectivity index (χ0n) is 61.3. The lowest BCUT2D eigenvalue weighted by atomic mass is 9.78. The molecule has 5 atom stereocenters. The summed E-state index contributed by atoms with van der Waals surface area (Å²) in [5, 5.41) is 12.4. The van der Waals surface area contributed by atoms with Crippen LogP contribution in [0.2, 0.25) is 0 Å². The fourth-order valence-electron chi connectivity index (χ4n) is 16.4. The maximum Gasteiger partial charge on any atom is 0.494 e. The molecule has 16 bridgehead atoms. The zero-order chi connectivity index (χ0) is 74.4. The van der Waals surface area contributed by atoms with Crippen LogP contribution in [0.1, 0.15) is 69.2 Å². The number of aliphatic hydroxyl groups is 1. The number of H-pyrrole nitrogens is 4. The van der Waals surface area contributed by atoms with E-state index in [1.54, 1.807) is 0 Å². The molecular weight excluding hydrogens is 1370 g/mol. The van der Waals surface area contributed by atoms with Crippen molar-refractivity contribution in [1.82, 2.24) is 39.9 Å². The Kier molecular flexibility index (Phi) is 16.7. The number of benzene rings is 8. The Balaban J connectivity index is 0.654. The molecule has 0 radical (unpaired) electrons. The first-order valence-corrected chi connectivity index (χ1v) is 37.7. The summed E-state index contributed by atoms with van der Waals surface area (Å²) >= 11 is 0. The van der Waals surface area contributed by atoms with Gasteiger partial charge in [-0.25, -0.2) is 19.9 Å². The second kappa shape index (κ2) is 27.7. The standard InChI is InChI=1S/C97H73BN8O5/c1-56-23-29-63(30-24-56)89-76-43-45-78(101-76)90(64-31-25-57(2)26-32-64)80-47-49-82(103-80)92(83-50-48-81(104-83)91(79-46-44-77(89)102-79)65-33-27-58(3)28-34-65)66-35-37-69(38-36-66)109-97-94(107)96-95(59(4)108-97)110-98(111-96)68-22-14-21-67(55-68)93-84-53-51-74(105-84)87(61-17-10-6-11-18-61)72-41-39-70(99-72)86(60-15-8-5-9-16-60)71-40-42-73(100-71)88(62-19-12-7-13-20-62)75-52-54-85(93)106-75/h5-55,59,94-97,99,101,104,106-107H,1-4H3/t59-,94-,95+,96-,97+/m0/s1. The van der Waals surface area contributed by atoms with Gasteiger partial charge in [0.25, 0.3) is 0 Å². The molecule has 2 saturated heterocycles. The lowest BCUT2D eigenvalue weighted by molar-refractivity contribution is -0.244. The maximum absolute atomic E-state index is 12.4. The van der Waals surface area contributed by atoms with Crippen molar-refractivity contribution in [3.05, 3.63) is 323 Å². The van der Waals surface area contributed by atoms with E-state index in [0.29, 0.717) is 5.75 Å². The monoisotopic (exact) mass is 1440 g/mol. The van der Waals surface area contributed by atoms with Crippen LogP contribution in [0.3, 0.4) is 0 Å². The van der Waals surface area contributed by atoms with Gasteiger partial charge in [0, 0.05) is 88.6 Å². The highest BCUT2D eigenvalue weighted by Crippen LogP contribution is 2.44. The number of nitrogens with one attached hydrogen (secondary N) is 4. The largest absolute Gasteiger partial charge is 0.494 e. The summed E-state index contributed by atoms with van der Waals surface area (Å²) in [6, 6.07) is 90.5. The Morgan fingerprint density at radius 3 is 0.892 bits per heavy atom. The maximum atomic E-state index is 12.4. The van der Waals surface area contributed by atoms with Crippen LogP contribution in [0.25, 0.3) is 182 Å². The smallest absolute Gasteiger partial charge is 0.462 e. The van der Waals surface area contributed by atoms with Gasteiger partial charge in [-0.2, -0.15) is 0 Å². The molecule has 6 aliphatic heterocycles. The number of aromatic nitrogens is 8. The number of rotatable bonds is 11. The summed E-state index contributed by atoms with van der Waals surface area (Å²) in [5.41, 5.74) is 33.5. The molecule has 20 rings (SSSR count). The van der Waals surface area contributed by atoms with E-state index >= 15 is 0 Å². The Labute approximate surface area is 641 Å². The third kappa shape index (κ3) is 12.4. The number of hydrogen-bond acceptors (Lipinski definition) is 9. The van der Waals surface area contributed by atoms with Crippen LogP contribution < -0.4 is 10.2 Å². The van der Waals surface area contributed by atoms with Crippen LogP contribution in [0, 0.1) is 20.8 Å². The van der Waals surface area contributed by atoms with Gasteiger partial charge in [-0.05, 0) is 187 Å². The molecule has 0 spiro atoms. The van der Waals surface area contributed by atoms with Crippen molar-refractivity contribution >= 4 is 105 Å². The summed E-state index contributed by atoms with van der Waals surface area (Å²) < 4.78 is 27.0. The van der Waals surface area contributed by atoms with Crippen LogP contribution in [0.15, 0.2) is 261 Å². The number of ether oxygens (including phenoxy) is 2. The van der Waals surface area contributed by atoms with Gasteiger partial charge in [-0.3, -0.25) is 0 Å². The summed E-state index contributed by atoms with van der Waals surface area (Å²) in [6.07, 6.45) is 12.6. The zero-order valence-corrected chi connectivity index (χ0v) is 61.3. The Morgan fingerprint density at radius 1 is 0.306 bits per heavy atom. The molecule has 2 fully saturated rings. The summed E-state index contributed by atoms with van der Waals surface area (Å²) in [5.74, 6) is 0.496. The van der Waals surface area contributed by atoms with Crippen molar-refractivity contribution in [2.24, 2.45) is 0 Å². The minimum absolute atomic E-state index is 0.496. The van der Waals surface area contributed by atoms with Crippen molar-refractivity contribution in [3.63, 3.8) is 0 Å². The molecule has 13 nitrogen and oxygen atoms in total. The second-order valence-corrected chi connectivity index (χ2v) is 29.2. The lowest BCUT2D eigenvalue weighted by Crippen LogP contribution is -2.57. The highest BCUT2D eigenvalue weighted by Gasteiger charge is 2.54. The highest BCUT2D eigenvalue weighted by molar-refractivity contribution is 6.62. The van der Waals surface area contributed by atoms with Crippen molar-refractivity contribution < 1.29 is 23.9 Å². The number of nitrogens with zero attached hydrogens (tertiary/aromatic N) is 4. The molecule has 6 aromatic heterocycles. The van der Waals surface area contributed by atoms with E-state index in [-0.39, 0.29) is 0 Å². The Morgan fingerprint density at radius 2 is 0.577 bits per heavy atom. The molecule has 111 heavy (non-hydrogen) atoms. The predicted octanol–water partition coefficient (Wildman–Crippen LogP) is 21.5. The Hall–Kier alpha value is -13.3. The molecule has 0 saturated carbocycles. The van der Waals surface area contributed by atoms with E-state index in [0.717, 1.165) is 195 Å². The van der Waals surface area contributed by atoms with Crippen LogP contribution in [-0.2, 0) is 14.0 Å². The summed E-state index contributed by atoms with van der Waals surface area (Å²) in [6.45, 7) is 8.27. The molecule has 534 valence electrons. The van der Waals surface area contributed by atoms with E-state index in [1.165, 1.54) is 5.56 Å². The first-order valence-electron chi connectivity index (χ1n) is 37.7. The molecule has 0 unspecified atom stereocenters. The number of aromatic amines is 4. The van der Waals surface area contributed by atoms with Crippen molar-refractivity contribution in [3.8, 4) is 94.8 Å². The fraction of sp³-hybridized carbons (Fsp3) is 0.0928. The molecule has 8 aromatic carbocycles. The first-order chi connectivity index (χ1) is 54.5. The van der Waals surface area contributed by atoms with Gasteiger partial charge >= 0.3 is 7.12 Å². The van der Waals surface area contributed by atoms with E-state index in [2.05, 4.69) is 296 Å². The van der Waals surface area contributed by atoms with Crippen LogP contribution in [0.5, 0.6) is 5.75 Å². The summed E-state index contributed by atoms with van der Waals surface area (Å²) in [7, 11) is -0.865. The minimum Gasteiger partial charge on any atom is -0.462 e. The topological polar surface area (TPSA) is 172 Å². The molecule has 5 N–H and O–H groups in total. The minimum atomic E-state index is -1.23. The van der Waals surface area contributed by atoms with E-state index in [4.69, 9.17) is 38.7 Å². The number of aryl methyl sites for hydroxylation is 3. The predicted molar refractivity (Wildman–Crippen MR) is 452 cm³/mol. The number of hydrogen-bond donors (Lipinski definition) is 5. The average Bonchev–Trinajstić information content (AvgIpc) is 1.63. The molecule has 0 aliphatic carbocycles. The van der Waals surface area contributed by atoms with Gasteiger partial charge < -0.3 is 43.8 Å². The normalized spacial score (nSPS) is 16.9. The van der Waals surface area contributed by atoms with Gasteiger partial charge in [0.15, 0.2) is 0 Å². The van der Waals surface area contributed by atoms with Gasteiger partial charge in [0.05, 0.1) is 57.8 Å². The second-order valence-electron chi connectivity index (χ2n) is 29.2. The quantitative estimate of drug-likeness (QED) is 0.0791. The number of fused-ring (bicyclic) bond motifs is 17. The van der Waals surface area contributed by atoms with Crippen molar-refractivity contribution in [2.75, 3.05) is 0 Å². The molecule has 14 heteroatoms. The molecular formula is C97H73BN8O5.